The van der Waals surface area contributed by atoms with Gasteiger partial charge in [-0.25, -0.2) is 17.5 Å². The average Bonchev–Trinajstić information content (AvgIpc) is 2.21. The zero-order chi connectivity index (χ0) is 12.3. The van der Waals surface area contributed by atoms with Gasteiger partial charge >= 0.3 is 0 Å². The fraction of sp³-hybridized carbons (Fsp3) is 0.222. The molecule has 0 unspecified atom stereocenters. The molecule has 0 atom stereocenters. The molecule has 3 N–H and O–H groups in total. The van der Waals surface area contributed by atoms with Crippen molar-refractivity contribution in [1.82, 2.24) is 4.72 Å². The number of carbonyl (C=O) groups excluding carboxylic acids is 1. The van der Waals surface area contributed by atoms with E-state index in [1.807, 2.05) is 0 Å². The van der Waals surface area contributed by atoms with Crippen LogP contribution in [0, 0.1) is 5.82 Å². The second-order valence-corrected chi connectivity index (χ2v) is 5.08. The highest BCUT2D eigenvalue weighted by Gasteiger charge is 2.16. The second-order valence-electron chi connectivity index (χ2n) is 3.07. The maximum absolute atomic E-state index is 12.8. The van der Waals surface area contributed by atoms with E-state index >= 15 is 0 Å². The third-order valence-electron chi connectivity index (χ3n) is 1.89. The summed E-state index contributed by atoms with van der Waals surface area (Å²) >= 11 is 0. The highest BCUT2D eigenvalue weighted by Crippen LogP contribution is 2.13. The predicted octanol–water partition coefficient (Wildman–Crippen LogP) is 0.487. The van der Waals surface area contributed by atoms with E-state index in [1.54, 1.807) is 4.72 Å². The zero-order valence-corrected chi connectivity index (χ0v) is 9.34. The van der Waals surface area contributed by atoms with Crippen LogP contribution in [0.5, 0.6) is 0 Å². The molecule has 0 aliphatic rings. The van der Waals surface area contributed by atoms with Crippen LogP contribution in [0.3, 0.4) is 0 Å². The van der Waals surface area contributed by atoms with Crippen molar-refractivity contribution in [3.8, 4) is 0 Å². The van der Waals surface area contributed by atoms with Crippen LogP contribution in [0.4, 0.5) is 10.1 Å². The second kappa shape index (κ2) is 4.48. The topological polar surface area (TPSA) is 89.3 Å². The van der Waals surface area contributed by atoms with Gasteiger partial charge in [-0.15, -0.1) is 0 Å². The maximum atomic E-state index is 12.8. The summed E-state index contributed by atoms with van der Waals surface area (Å²) in [4.78, 5) is 11.5. The first-order chi connectivity index (χ1) is 7.35. The molecule has 0 aliphatic carbocycles. The monoisotopic (exact) mass is 246 g/mol. The number of sulfonamides is 1. The fourth-order valence-corrected chi connectivity index (χ4v) is 1.53. The molecule has 0 heterocycles. The molecule has 0 saturated carbocycles. The molecule has 0 aliphatic heterocycles. The number of hydrogen-bond acceptors (Lipinski definition) is 4. The summed E-state index contributed by atoms with van der Waals surface area (Å²) in [7, 11) is -3.67. The van der Waals surface area contributed by atoms with Gasteiger partial charge in [0.25, 0.3) is 5.91 Å². The molecular weight excluding hydrogens is 235 g/mol. The Morgan fingerprint density at radius 3 is 2.69 bits per heavy atom. The summed E-state index contributed by atoms with van der Waals surface area (Å²) in [6, 6.07) is 3.17. The Hall–Kier alpha value is -1.63. The van der Waals surface area contributed by atoms with E-state index in [2.05, 4.69) is 0 Å². The molecule has 7 heteroatoms. The number of rotatable bonds is 3. The van der Waals surface area contributed by atoms with E-state index in [1.165, 1.54) is 13.0 Å². The highest BCUT2D eigenvalue weighted by atomic mass is 32.2. The van der Waals surface area contributed by atoms with Crippen LogP contribution < -0.4 is 10.5 Å². The minimum Gasteiger partial charge on any atom is -0.398 e. The Balaban J connectivity index is 3.02. The zero-order valence-electron chi connectivity index (χ0n) is 8.53. The number of amides is 1. The molecule has 0 spiro atoms. The molecule has 5 nitrogen and oxygen atoms in total. The molecule has 1 amide bonds. The molecule has 16 heavy (non-hydrogen) atoms. The molecule has 0 saturated heterocycles. The number of anilines is 1. The Labute approximate surface area is 92.5 Å². The van der Waals surface area contributed by atoms with Crippen LogP contribution >= 0.6 is 0 Å². The third-order valence-corrected chi connectivity index (χ3v) is 3.14. The van der Waals surface area contributed by atoms with Gasteiger partial charge in [0.1, 0.15) is 5.82 Å². The normalized spacial score (nSPS) is 11.1. The van der Waals surface area contributed by atoms with Gasteiger partial charge in [0.2, 0.25) is 10.0 Å². The summed E-state index contributed by atoms with van der Waals surface area (Å²) in [5.74, 6) is -1.83. The summed E-state index contributed by atoms with van der Waals surface area (Å²) in [6.07, 6.45) is 0. The lowest BCUT2D eigenvalue weighted by atomic mass is 10.2. The molecular formula is C9H11FN2O3S. The van der Waals surface area contributed by atoms with E-state index in [9.17, 15) is 17.6 Å². The first kappa shape index (κ1) is 12.4. The Kier molecular flexibility index (Phi) is 3.48. The van der Waals surface area contributed by atoms with E-state index in [0.29, 0.717) is 0 Å². The Morgan fingerprint density at radius 1 is 1.50 bits per heavy atom. The lowest BCUT2D eigenvalue weighted by Gasteiger charge is -2.06. The third kappa shape index (κ3) is 2.93. The summed E-state index contributed by atoms with van der Waals surface area (Å²) < 4.78 is 36.8. The van der Waals surface area contributed by atoms with E-state index in [0.717, 1.165) is 12.1 Å². The number of nitrogens with two attached hydrogens (primary N) is 1. The number of halogens is 1. The number of nitrogen functional groups attached to an aromatic ring is 1. The Morgan fingerprint density at radius 2 is 2.12 bits per heavy atom. The molecule has 0 aromatic heterocycles. The van der Waals surface area contributed by atoms with Crippen LogP contribution in [0.25, 0.3) is 0 Å². The molecule has 88 valence electrons. The van der Waals surface area contributed by atoms with Crippen LogP contribution in [0.15, 0.2) is 18.2 Å². The number of nitrogens with one attached hydrogen (secondary N) is 1. The van der Waals surface area contributed by atoms with E-state index < -0.39 is 21.7 Å². The van der Waals surface area contributed by atoms with Crippen LogP contribution in [0.2, 0.25) is 0 Å². The van der Waals surface area contributed by atoms with Gasteiger partial charge in [-0.05, 0) is 25.1 Å². The van der Waals surface area contributed by atoms with Crippen molar-refractivity contribution < 1.29 is 17.6 Å². The molecule has 1 rings (SSSR count). The molecule has 0 fully saturated rings. The summed E-state index contributed by atoms with van der Waals surface area (Å²) in [5.41, 5.74) is 5.25. The predicted molar refractivity (Wildman–Crippen MR) is 57.7 cm³/mol. The quantitative estimate of drug-likeness (QED) is 0.759. The van der Waals surface area contributed by atoms with Gasteiger partial charge < -0.3 is 5.73 Å². The number of hydrogen-bond donors (Lipinski definition) is 2. The van der Waals surface area contributed by atoms with Gasteiger partial charge in [-0.1, -0.05) is 0 Å². The largest absolute Gasteiger partial charge is 0.398 e. The fourth-order valence-electron chi connectivity index (χ4n) is 0.994. The van der Waals surface area contributed by atoms with Crippen molar-refractivity contribution in [1.29, 1.82) is 0 Å². The van der Waals surface area contributed by atoms with Gasteiger partial charge in [-0.3, -0.25) is 4.79 Å². The molecule has 1 aromatic rings. The molecule has 0 radical (unpaired) electrons. The smallest absolute Gasteiger partial charge is 0.266 e. The number of benzene rings is 1. The van der Waals surface area contributed by atoms with Crippen molar-refractivity contribution in [2.24, 2.45) is 0 Å². The lowest BCUT2D eigenvalue weighted by Crippen LogP contribution is -2.32. The summed E-state index contributed by atoms with van der Waals surface area (Å²) in [5, 5.41) is 0. The van der Waals surface area contributed by atoms with Gasteiger partial charge in [-0.2, -0.15) is 0 Å². The van der Waals surface area contributed by atoms with E-state index in [-0.39, 0.29) is 17.0 Å². The van der Waals surface area contributed by atoms with Crippen molar-refractivity contribution in [2.75, 3.05) is 11.5 Å². The Bertz CT molecular complexity index is 513. The van der Waals surface area contributed by atoms with Crippen LogP contribution in [-0.4, -0.2) is 20.1 Å². The minimum absolute atomic E-state index is 0.0187. The standard InChI is InChI=1S/C9H11FN2O3S/c1-2-16(14,15)12-9(13)7-5-6(10)3-4-8(7)11/h3-5H,2,11H2,1H3,(H,12,13). The maximum Gasteiger partial charge on any atom is 0.266 e. The van der Waals surface area contributed by atoms with Gasteiger partial charge in [0, 0.05) is 5.69 Å². The minimum atomic E-state index is -3.67. The van der Waals surface area contributed by atoms with Crippen LogP contribution in [-0.2, 0) is 10.0 Å². The van der Waals surface area contributed by atoms with Crippen LogP contribution in [0.1, 0.15) is 17.3 Å². The average molecular weight is 246 g/mol. The summed E-state index contributed by atoms with van der Waals surface area (Å²) in [6.45, 7) is 1.38. The highest BCUT2D eigenvalue weighted by molar-refractivity contribution is 7.90. The van der Waals surface area contributed by atoms with E-state index in [4.69, 9.17) is 5.73 Å². The van der Waals surface area contributed by atoms with Gasteiger partial charge in [0.05, 0.1) is 11.3 Å². The van der Waals surface area contributed by atoms with Crippen molar-refractivity contribution in [2.45, 2.75) is 6.92 Å². The first-order valence-corrected chi connectivity index (χ1v) is 6.11. The number of carbonyl (C=O) groups is 1. The molecule has 0 bridgehead atoms. The van der Waals surface area contributed by atoms with Crippen molar-refractivity contribution >= 4 is 21.6 Å². The van der Waals surface area contributed by atoms with Crippen molar-refractivity contribution in [3.05, 3.63) is 29.6 Å². The lowest BCUT2D eigenvalue weighted by molar-refractivity contribution is 0.0982. The van der Waals surface area contributed by atoms with Gasteiger partial charge in [0.15, 0.2) is 0 Å². The molecule has 1 aromatic carbocycles. The SMILES string of the molecule is CCS(=O)(=O)NC(=O)c1cc(F)ccc1N. The van der Waals surface area contributed by atoms with Crippen molar-refractivity contribution in [3.63, 3.8) is 0 Å². The first-order valence-electron chi connectivity index (χ1n) is 4.45.